The molecular weight excluding hydrogens is 357 g/mol. The van der Waals surface area contributed by atoms with E-state index in [1.165, 1.54) is 12.1 Å². The average molecular weight is 373 g/mol. The van der Waals surface area contributed by atoms with Crippen molar-refractivity contribution in [3.05, 3.63) is 89.7 Å². The van der Waals surface area contributed by atoms with Crippen molar-refractivity contribution in [1.82, 2.24) is 10.1 Å². The first-order valence-corrected chi connectivity index (χ1v) is 8.68. The fraction of sp³-hybridized carbons (Fsp3) is 0.0455. The molecule has 6 heteroatoms. The molecule has 1 heterocycles. The number of nitrogens with one attached hydrogen (secondary N) is 1. The number of carbonyl (C=O) groups is 1. The van der Waals surface area contributed by atoms with Crippen molar-refractivity contribution >= 4 is 11.6 Å². The fourth-order valence-corrected chi connectivity index (χ4v) is 2.85. The van der Waals surface area contributed by atoms with Crippen molar-refractivity contribution in [2.45, 2.75) is 6.92 Å². The molecule has 1 aromatic heterocycles. The minimum atomic E-state index is -0.336. The van der Waals surface area contributed by atoms with E-state index >= 15 is 0 Å². The van der Waals surface area contributed by atoms with Crippen LogP contribution in [0.3, 0.4) is 0 Å². The Hall–Kier alpha value is -3.80. The van der Waals surface area contributed by atoms with Gasteiger partial charge in [0.05, 0.1) is 11.3 Å². The summed E-state index contributed by atoms with van der Waals surface area (Å²) in [5, 5.41) is 6.87. The molecule has 0 bridgehead atoms. The second kappa shape index (κ2) is 7.44. The lowest BCUT2D eigenvalue weighted by molar-refractivity contribution is 0.102. The van der Waals surface area contributed by atoms with Crippen molar-refractivity contribution in [3.63, 3.8) is 0 Å². The number of hydrogen-bond donors (Lipinski definition) is 1. The first kappa shape index (κ1) is 17.6. The van der Waals surface area contributed by atoms with Crippen molar-refractivity contribution in [1.29, 1.82) is 0 Å². The van der Waals surface area contributed by atoms with E-state index in [2.05, 4.69) is 15.5 Å². The van der Waals surface area contributed by atoms with Gasteiger partial charge in [-0.25, -0.2) is 4.39 Å². The van der Waals surface area contributed by atoms with Crippen LogP contribution in [-0.4, -0.2) is 16.0 Å². The highest BCUT2D eigenvalue weighted by molar-refractivity contribution is 6.06. The van der Waals surface area contributed by atoms with Crippen LogP contribution in [0.4, 0.5) is 10.1 Å². The van der Waals surface area contributed by atoms with Crippen molar-refractivity contribution in [2.24, 2.45) is 0 Å². The maximum atomic E-state index is 13.1. The maximum absolute atomic E-state index is 13.1. The number of amides is 1. The number of para-hydroxylation sites is 1. The SMILES string of the molecule is Cc1ccccc1C(=O)Nc1ccccc1-c1nc(-c2ccc(F)cc2)no1. The first-order valence-electron chi connectivity index (χ1n) is 8.68. The molecule has 0 aliphatic rings. The number of nitrogens with zero attached hydrogens (tertiary/aromatic N) is 2. The Bertz CT molecular complexity index is 1140. The number of anilines is 1. The van der Waals surface area contributed by atoms with Crippen LogP contribution < -0.4 is 5.32 Å². The summed E-state index contributed by atoms with van der Waals surface area (Å²) in [7, 11) is 0. The summed E-state index contributed by atoms with van der Waals surface area (Å²) in [6.07, 6.45) is 0. The number of aromatic nitrogens is 2. The molecule has 0 aliphatic carbocycles. The number of hydrogen-bond acceptors (Lipinski definition) is 4. The van der Waals surface area contributed by atoms with E-state index in [9.17, 15) is 9.18 Å². The monoisotopic (exact) mass is 373 g/mol. The van der Waals surface area contributed by atoms with Crippen molar-refractivity contribution in [2.75, 3.05) is 5.32 Å². The summed E-state index contributed by atoms with van der Waals surface area (Å²) in [6, 6.07) is 20.4. The van der Waals surface area contributed by atoms with Gasteiger partial charge in [-0.1, -0.05) is 35.5 Å². The zero-order valence-corrected chi connectivity index (χ0v) is 15.0. The van der Waals surface area contributed by atoms with E-state index in [1.807, 2.05) is 37.3 Å². The van der Waals surface area contributed by atoms with Gasteiger partial charge in [-0.05, 0) is 55.0 Å². The van der Waals surface area contributed by atoms with Crippen LogP contribution in [0.1, 0.15) is 15.9 Å². The second-order valence-electron chi connectivity index (χ2n) is 6.24. The lowest BCUT2D eigenvalue weighted by Gasteiger charge is -2.10. The smallest absolute Gasteiger partial charge is 0.260 e. The molecule has 0 atom stereocenters. The summed E-state index contributed by atoms with van der Waals surface area (Å²) >= 11 is 0. The molecule has 28 heavy (non-hydrogen) atoms. The highest BCUT2D eigenvalue weighted by Crippen LogP contribution is 2.29. The molecule has 0 saturated heterocycles. The zero-order chi connectivity index (χ0) is 19.5. The topological polar surface area (TPSA) is 68.0 Å². The van der Waals surface area contributed by atoms with Gasteiger partial charge >= 0.3 is 0 Å². The number of carbonyl (C=O) groups excluding carboxylic acids is 1. The Morgan fingerprint density at radius 1 is 0.964 bits per heavy atom. The molecule has 138 valence electrons. The molecule has 1 amide bonds. The molecule has 4 aromatic rings. The Kier molecular flexibility index (Phi) is 4.68. The quantitative estimate of drug-likeness (QED) is 0.540. The third-order valence-corrected chi connectivity index (χ3v) is 4.32. The molecule has 0 saturated carbocycles. The highest BCUT2D eigenvalue weighted by Gasteiger charge is 2.16. The maximum Gasteiger partial charge on any atom is 0.260 e. The minimum Gasteiger partial charge on any atom is -0.334 e. The van der Waals surface area contributed by atoms with E-state index in [1.54, 1.807) is 30.3 Å². The predicted molar refractivity (Wildman–Crippen MR) is 104 cm³/mol. The third-order valence-electron chi connectivity index (χ3n) is 4.32. The summed E-state index contributed by atoms with van der Waals surface area (Å²) < 4.78 is 18.5. The van der Waals surface area contributed by atoms with Gasteiger partial charge in [0.25, 0.3) is 11.8 Å². The minimum absolute atomic E-state index is 0.219. The van der Waals surface area contributed by atoms with Gasteiger partial charge in [-0.15, -0.1) is 0 Å². The lowest BCUT2D eigenvalue weighted by Crippen LogP contribution is -2.13. The lowest BCUT2D eigenvalue weighted by atomic mass is 10.1. The Labute approximate surface area is 160 Å². The molecule has 4 rings (SSSR count). The van der Waals surface area contributed by atoms with E-state index in [-0.39, 0.29) is 17.6 Å². The predicted octanol–water partition coefficient (Wildman–Crippen LogP) is 5.10. The van der Waals surface area contributed by atoms with Gasteiger partial charge in [0.15, 0.2) is 0 Å². The molecule has 5 nitrogen and oxygen atoms in total. The molecule has 3 aromatic carbocycles. The van der Waals surface area contributed by atoms with E-state index in [4.69, 9.17) is 4.52 Å². The standard InChI is InChI=1S/C22H16FN3O2/c1-14-6-2-3-7-17(14)21(27)24-19-9-5-4-8-18(19)22-25-20(26-28-22)15-10-12-16(23)13-11-15/h2-13H,1H3,(H,24,27). The van der Waals surface area contributed by atoms with E-state index in [0.717, 1.165) is 5.56 Å². The largest absolute Gasteiger partial charge is 0.334 e. The summed E-state index contributed by atoms with van der Waals surface area (Å²) in [5.74, 6) is 0.0515. The molecule has 0 aliphatic heterocycles. The number of aryl methyl sites for hydroxylation is 1. The van der Waals surface area contributed by atoms with Gasteiger partial charge in [0, 0.05) is 11.1 Å². The van der Waals surface area contributed by atoms with E-state index < -0.39 is 0 Å². The number of rotatable bonds is 4. The number of halogens is 1. The Morgan fingerprint density at radius 2 is 1.68 bits per heavy atom. The molecule has 1 N–H and O–H groups in total. The van der Waals surface area contributed by atoms with Gasteiger partial charge in [-0.3, -0.25) is 4.79 Å². The molecule has 0 unspecified atom stereocenters. The second-order valence-corrected chi connectivity index (χ2v) is 6.24. The normalized spacial score (nSPS) is 10.6. The molecular formula is C22H16FN3O2. The van der Waals surface area contributed by atoms with Gasteiger partial charge < -0.3 is 9.84 Å². The molecule has 0 radical (unpaired) electrons. The Morgan fingerprint density at radius 3 is 2.46 bits per heavy atom. The van der Waals surface area contributed by atoms with Crippen LogP contribution >= 0.6 is 0 Å². The van der Waals surface area contributed by atoms with Gasteiger partial charge in [0.2, 0.25) is 5.82 Å². The van der Waals surface area contributed by atoms with Crippen LogP contribution in [0, 0.1) is 12.7 Å². The van der Waals surface area contributed by atoms with Crippen LogP contribution in [0.2, 0.25) is 0 Å². The highest BCUT2D eigenvalue weighted by atomic mass is 19.1. The third kappa shape index (κ3) is 3.53. The van der Waals surface area contributed by atoms with Gasteiger partial charge in [-0.2, -0.15) is 4.98 Å². The van der Waals surface area contributed by atoms with Crippen molar-refractivity contribution < 1.29 is 13.7 Å². The van der Waals surface area contributed by atoms with E-state index in [0.29, 0.717) is 28.2 Å². The number of benzene rings is 3. The van der Waals surface area contributed by atoms with Crippen LogP contribution in [0.15, 0.2) is 77.3 Å². The van der Waals surface area contributed by atoms with Gasteiger partial charge in [0.1, 0.15) is 5.82 Å². The van der Waals surface area contributed by atoms with Crippen LogP contribution in [0.5, 0.6) is 0 Å². The fourth-order valence-electron chi connectivity index (χ4n) is 2.85. The molecule has 0 spiro atoms. The summed E-state index contributed by atoms with van der Waals surface area (Å²) in [4.78, 5) is 17.1. The van der Waals surface area contributed by atoms with Crippen LogP contribution in [0.25, 0.3) is 22.8 Å². The van der Waals surface area contributed by atoms with Crippen LogP contribution in [-0.2, 0) is 0 Å². The zero-order valence-electron chi connectivity index (χ0n) is 15.0. The summed E-state index contributed by atoms with van der Waals surface area (Å²) in [6.45, 7) is 1.88. The Balaban J connectivity index is 1.64. The molecule has 0 fully saturated rings. The first-order chi connectivity index (χ1) is 13.6. The van der Waals surface area contributed by atoms with Crippen molar-refractivity contribution in [3.8, 4) is 22.8 Å². The average Bonchev–Trinajstić information content (AvgIpc) is 3.19. The summed E-state index contributed by atoms with van der Waals surface area (Å²) in [5.41, 5.74) is 3.27.